The van der Waals surface area contributed by atoms with E-state index in [4.69, 9.17) is 15.4 Å². The molecule has 1 aromatic carbocycles. The Bertz CT molecular complexity index is 1300. The van der Waals surface area contributed by atoms with Crippen LogP contribution in [0.4, 0.5) is 20.6 Å². The number of nitrogens with one attached hydrogen (secondary N) is 1. The minimum atomic E-state index is -0.452. The van der Waals surface area contributed by atoms with Gasteiger partial charge in [-0.3, -0.25) is 0 Å². The highest BCUT2D eigenvalue weighted by Crippen LogP contribution is 2.36. The number of hydrogen-bond donors (Lipinski definition) is 2. The Labute approximate surface area is 187 Å². The van der Waals surface area contributed by atoms with Crippen LogP contribution in [-0.2, 0) is 0 Å². The quantitative estimate of drug-likeness (QED) is 0.440. The van der Waals surface area contributed by atoms with Crippen LogP contribution in [0.1, 0.15) is 36.0 Å². The summed E-state index contributed by atoms with van der Waals surface area (Å²) in [7, 11) is 0. The molecule has 1 unspecified atom stereocenters. The van der Waals surface area contributed by atoms with Crippen molar-refractivity contribution >= 4 is 29.6 Å². The van der Waals surface area contributed by atoms with Gasteiger partial charge in [-0.2, -0.15) is 4.98 Å². The van der Waals surface area contributed by atoms with Crippen molar-refractivity contribution in [1.29, 1.82) is 0 Å². The average Bonchev–Trinajstić information content (AvgIpc) is 3.57. The van der Waals surface area contributed by atoms with Gasteiger partial charge in [0.05, 0.1) is 17.9 Å². The zero-order valence-electron chi connectivity index (χ0n) is 17.7. The lowest BCUT2D eigenvalue weighted by molar-refractivity contribution is 0.429. The highest BCUT2D eigenvalue weighted by Gasteiger charge is 2.30. The minimum Gasteiger partial charge on any atom is -0.348 e. The number of halogens is 2. The first kappa shape index (κ1) is 21.0. The first-order valence-electron chi connectivity index (χ1n) is 10.6. The molecule has 1 atom stereocenters. The fourth-order valence-corrected chi connectivity index (χ4v) is 4.00. The Kier molecular flexibility index (Phi) is 5.69. The Hall–Kier alpha value is -3.86. The number of benzene rings is 1. The number of nitrogens with zero attached hydrogens (tertiary/aromatic N) is 6. The first-order valence-corrected chi connectivity index (χ1v) is 10.6. The van der Waals surface area contributed by atoms with Crippen LogP contribution >= 0.6 is 0 Å². The molecular formula is C22H22F2N8O. The lowest BCUT2D eigenvalue weighted by atomic mass is 10.0. The molecule has 3 aromatic heterocycles. The van der Waals surface area contributed by atoms with Crippen molar-refractivity contribution in [2.45, 2.75) is 18.9 Å². The molecule has 5 rings (SSSR count). The van der Waals surface area contributed by atoms with Gasteiger partial charge in [0.25, 0.3) is 0 Å². The monoisotopic (exact) mass is 452 g/mol. The van der Waals surface area contributed by atoms with Crippen LogP contribution in [0.15, 0.2) is 41.1 Å². The summed E-state index contributed by atoms with van der Waals surface area (Å²) in [5.41, 5.74) is 7.16. The van der Waals surface area contributed by atoms with Crippen molar-refractivity contribution in [3.63, 3.8) is 0 Å². The molecule has 170 valence electrons. The van der Waals surface area contributed by atoms with E-state index in [-0.39, 0.29) is 6.04 Å². The van der Waals surface area contributed by atoms with E-state index in [0.29, 0.717) is 54.2 Å². The van der Waals surface area contributed by atoms with E-state index < -0.39 is 11.6 Å². The fraction of sp³-hybridized carbons (Fsp3) is 0.273. The number of nitrogens with two attached hydrogens (primary N) is 1. The Balaban J connectivity index is 1.42. The molecule has 0 radical (unpaired) electrons. The van der Waals surface area contributed by atoms with Gasteiger partial charge in [0.15, 0.2) is 11.5 Å². The Morgan fingerprint density at radius 2 is 2.12 bits per heavy atom. The predicted molar refractivity (Wildman–Crippen MR) is 119 cm³/mol. The van der Waals surface area contributed by atoms with Crippen molar-refractivity contribution in [2.75, 3.05) is 29.9 Å². The molecule has 1 aliphatic heterocycles. The molecule has 33 heavy (non-hydrogen) atoms. The molecule has 9 nitrogen and oxygen atoms in total. The summed E-state index contributed by atoms with van der Waals surface area (Å²) >= 11 is 0. The highest BCUT2D eigenvalue weighted by atomic mass is 19.1. The van der Waals surface area contributed by atoms with Gasteiger partial charge in [-0.05, 0) is 55.3 Å². The lowest BCUT2D eigenvalue weighted by Crippen LogP contribution is -2.25. The largest absolute Gasteiger partial charge is 0.348 e. The van der Waals surface area contributed by atoms with Gasteiger partial charge in [-0.15, -0.1) is 5.10 Å². The second kappa shape index (κ2) is 8.94. The highest BCUT2D eigenvalue weighted by molar-refractivity contribution is 5.66. The molecule has 3 N–H and O–H groups in total. The van der Waals surface area contributed by atoms with Crippen LogP contribution in [0.3, 0.4) is 0 Å². The fourth-order valence-electron chi connectivity index (χ4n) is 4.00. The SMILES string of the molecule is NCCNc1nc(C=Cc2cnc3ccc(N4CCCC4c4cc(F)ccc4F)nn23)no1. The molecule has 4 heterocycles. The molecule has 0 spiro atoms. The molecule has 0 bridgehead atoms. The summed E-state index contributed by atoms with van der Waals surface area (Å²) in [6, 6.07) is 7.28. The van der Waals surface area contributed by atoms with Crippen molar-refractivity contribution in [1.82, 2.24) is 24.7 Å². The molecule has 1 saturated heterocycles. The standard InChI is InChI=1S/C22H22F2N8O/c23-14-3-5-17(24)16(12-14)18-2-1-11-31(18)21-8-7-20-27-13-15(32(20)29-21)4-6-19-28-22(33-30-19)26-10-9-25/h3-8,12-13,18H,1-2,9-11,25H2,(H,26,28,30). The van der Waals surface area contributed by atoms with Gasteiger partial charge in [0.1, 0.15) is 17.5 Å². The summed E-state index contributed by atoms with van der Waals surface area (Å²) in [4.78, 5) is 10.6. The van der Waals surface area contributed by atoms with E-state index in [1.807, 2.05) is 17.0 Å². The van der Waals surface area contributed by atoms with Crippen LogP contribution in [-0.4, -0.2) is 44.4 Å². The predicted octanol–water partition coefficient (Wildman–Crippen LogP) is 3.27. The Morgan fingerprint density at radius 3 is 3.00 bits per heavy atom. The zero-order chi connectivity index (χ0) is 22.8. The third-order valence-electron chi connectivity index (χ3n) is 5.50. The van der Waals surface area contributed by atoms with E-state index in [2.05, 4.69) is 20.4 Å². The number of anilines is 2. The van der Waals surface area contributed by atoms with Crippen LogP contribution in [0, 0.1) is 11.6 Å². The number of imidazole rings is 1. The smallest absolute Gasteiger partial charge is 0.321 e. The van der Waals surface area contributed by atoms with Gasteiger partial charge >= 0.3 is 6.01 Å². The lowest BCUT2D eigenvalue weighted by Gasteiger charge is -2.26. The Morgan fingerprint density at radius 1 is 1.21 bits per heavy atom. The third-order valence-corrected chi connectivity index (χ3v) is 5.50. The number of hydrogen-bond acceptors (Lipinski definition) is 8. The summed E-state index contributed by atoms with van der Waals surface area (Å²) in [6.45, 7) is 1.68. The molecule has 1 fully saturated rings. The molecule has 11 heteroatoms. The van der Waals surface area contributed by atoms with E-state index in [9.17, 15) is 8.78 Å². The van der Waals surface area contributed by atoms with Crippen molar-refractivity contribution < 1.29 is 13.3 Å². The maximum atomic E-state index is 14.4. The van der Waals surface area contributed by atoms with Crippen molar-refractivity contribution in [2.24, 2.45) is 5.73 Å². The zero-order valence-corrected chi connectivity index (χ0v) is 17.7. The summed E-state index contributed by atoms with van der Waals surface area (Å²) in [5.74, 6) is 0.184. The molecular weight excluding hydrogens is 430 g/mol. The van der Waals surface area contributed by atoms with E-state index in [0.717, 1.165) is 18.9 Å². The first-order chi connectivity index (χ1) is 16.1. The van der Waals surface area contributed by atoms with Crippen LogP contribution in [0.2, 0.25) is 0 Å². The van der Waals surface area contributed by atoms with E-state index >= 15 is 0 Å². The van der Waals surface area contributed by atoms with Gasteiger partial charge in [-0.1, -0.05) is 5.16 Å². The molecule has 0 amide bonds. The third kappa shape index (κ3) is 4.27. The number of fused-ring (bicyclic) bond motifs is 1. The maximum Gasteiger partial charge on any atom is 0.321 e. The minimum absolute atomic E-state index is 0.285. The summed E-state index contributed by atoms with van der Waals surface area (Å²) in [6.07, 6.45) is 6.73. The molecule has 0 saturated carbocycles. The second-order valence-electron chi connectivity index (χ2n) is 7.67. The van der Waals surface area contributed by atoms with Gasteiger partial charge in [0.2, 0.25) is 0 Å². The molecule has 0 aliphatic carbocycles. The van der Waals surface area contributed by atoms with Crippen LogP contribution in [0.5, 0.6) is 0 Å². The van der Waals surface area contributed by atoms with Crippen molar-refractivity contribution in [3.8, 4) is 0 Å². The summed E-state index contributed by atoms with van der Waals surface area (Å²) < 4.78 is 35.0. The van der Waals surface area contributed by atoms with Gasteiger partial charge in [-0.25, -0.2) is 18.3 Å². The molecule has 4 aromatic rings. The topological polar surface area (TPSA) is 110 Å². The normalized spacial score (nSPS) is 16.3. The number of rotatable bonds is 7. The van der Waals surface area contributed by atoms with E-state index in [1.54, 1.807) is 22.9 Å². The number of aromatic nitrogens is 5. The van der Waals surface area contributed by atoms with Gasteiger partial charge in [0, 0.05) is 25.2 Å². The van der Waals surface area contributed by atoms with Crippen molar-refractivity contribution in [3.05, 3.63) is 65.2 Å². The van der Waals surface area contributed by atoms with Gasteiger partial charge < -0.3 is 20.5 Å². The maximum absolute atomic E-state index is 14.4. The second-order valence-corrected chi connectivity index (χ2v) is 7.67. The summed E-state index contributed by atoms with van der Waals surface area (Å²) in [5, 5.41) is 11.5. The molecule has 1 aliphatic rings. The average molecular weight is 452 g/mol. The van der Waals surface area contributed by atoms with Crippen LogP contribution in [0.25, 0.3) is 17.8 Å². The van der Waals surface area contributed by atoms with E-state index in [1.165, 1.54) is 12.1 Å². The van der Waals surface area contributed by atoms with Crippen LogP contribution < -0.4 is 16.0 Å².